The SMILES string of the molecule is CC1CCC(NCC(O)c2ccc(Cl)cc2)C1C. The first-order valence-electron chi connectivity index (χ1n) is 6.75. The Morgan fingerprint density at radius 3 is 2.50 bits per heavy atom. The van der Waals surface area contributed by atoms with Crippen LogP contribution < -0.4 is 5.32 Å². The molecule has 1 aromatic rings. The zero-order valence-corrected chi connectivity index (χ0v) is 11.8. The Kier molecular flexibility index (Phi) is 4.66. The van der Waals surface area contributed by atoms with Crippen molar-refractivity contribution < 1.29 is 5.11 Å². The molecule has 4 atom stereocenters. The van der Waals surface area contributed by atoms with Crippen LogP contribution in [-0.2, 0) is 0 Å². The van der Waals surface area contributed by atoms with Crippen LogP contribution in [0, 0.1) is 11.8 Å². The smallest absolute Gasteiger partial charge is 0.0914 e. The summed E-state index contributed by atoms with van der Waals surface area (Å²) in [6.07, 6.45) is 2.05. The normalized spacial score (nSPS) is 29.4. The molecular formula is C15H22ClNO. The van der Waals surface area contributed by atoms with Crippen molar-refractivity contribution in [3.05, 3.63) is 34.9 Å². The molecule has 4 unspecified atom stereocenters. The van der Waals surface area contributed by atoms with Crippen molar-refractivity contribution in [2.24, 2.45) is 11.8 Å². The molecule has 3 heteroatoms. The van der Waals surface area contributed by atoms with E-state index < -0.39 is 6.10 Å². The summed E-state index contributed by atoms with van der Waals surface area (Å²) < 4.78 is 0. The Bertz CT molecular complexity index is 379. The van der Waals surface area contributed by atoms with Crippen LogP contribution in [0.1, 0.15) is 38.4 Å². The van der Waals surface area contributed by atoms with E-state index in [9.17, 15) is 5.11 Å². The van der Waals surface area contributed by atoms with E-state index in [1.807, 2.05) is 24.3 Å². The Morgan fingerprint density at radius 1 is 1.28 bits per heavy atom. The van der Waals surface area contributed by atoms with Gasteiger partial charge in [-0.1, -0.05) is 37.6 Å². The molecule has 0 aromatic heterocycles. The molecule has 100 valence electrons. The lowest BCUT2D eigenvalue weighted by Crippen LogP contribution is -2.35. The van der Waals surface area contributed by atoms with Gasteiger partial charge in [0.25, 0.3) is 0 Å². The third-order valence-electron chi connectivity index (χ3n) is 4.29. The highest BCUT2D eigenvalue weighted by molar-refractivity contribution is 6.30. The molecule has 0 aliphatic heterocycles. The van der Waals surface area contributed by atoms with Crippen molar-refractivity contribution in [2.45, 2.75) is 38.8 Å². The first-order valence-corrected chi connectivity index (χ1v) is 7.12. The summed E-state index contributed by atoms with van der Waals surface area (Å²) in [7, 11) is 0. The lowest BCUT2D eigenvalue weighted by molar-refractivity contribution is 0.165. The topological polar surface area (TPSA) is 32.3 Å². The quantitative estimate of drug-likeness (QED) is 0.876. The molecule has 0 radical (unpaired) electrons. The minimum absolute atomic E-state index is 0.453. The average molecular weight is 268 g/mol. The van der Waals surface area contributed by atoms with E-state index >= 15 is 0 Å². The summed E-state index contributed by atoms with van der Waals surface area (Å²) in [5.74, 6) is 1.48. The van der Waals surface area contributed by atoms with Gasteiger partial charge >= 0.3 is 0 Å². The molecule has 18 heavy (non-hydrogen) atoms. The molecule has 0 saturated heterocycles. The van der Waals surface area contributed by atoms with Gasteiger partial charge in [-0.3, -0.25) is 0 Å². The first-order chi connectivity index (χ1) is 8.58. The van der Waals surface area contributed by atoms with Crippen molar-refractivity contribution in [1.82, 2.24) is 5.32 Å². The van der Waals surface area contributed by atoms with Gasteiger partial charge < -0.3 is 10.4 Å². The summed E-state index contributed by atoms with van der Waals surface area (Å²) >= 11 is 5.83. The zero-order valence-electron chi connectivity index (χ0n) is 11.1. The fourth-order valence-electron chi connectivity index (χ4n) is 2.72. The highest BCUT2D eigenvalue weighted by atomic mass is 35.5. The number of benzene rings is 1. The number of rotatable bonds is 4. The Morgan fingerprint density at radius 2 is 1.94 bits per heavy atom. The van der Waals surface area contributed by atoms with Crippen LogP contribution in [0.25, 0.3) is 0 Å². The minimum atomic E-state index is -0.453. The number of hydrogen-bond acceptors (Lipinski definition) is 2. The molecule has 2 nitrogen and oxygen atoms in total. The van der Waals surface area contributed by atoms with E-state index in [1.165, 1.54) is 12.8 Å². The predicted molar refractivity (Wildman–Crippen MR) is 75.8 cm³/mol. The second kappa shape index (κ2) is 6.05. The lowest BCUT2D eigenvalue weighted by Gasteiger charge is -2.21. The van der Waals surface area contributed by atoms with Gasteiger partial charge in [0.2, 0.25) is 0 Å². The Hall–Kier alpha value is -0.570. The maximum Gasteiger partial charge on any atom is 0.0914 e. The van der Waals surface area contributed by atoms with Crippen molar-refractivity contribution in [3.8, 4) is 0 Å². The first kappa shape index (κ1) is 13.9. The van der Waals surface area contributed by atoms with Gasteiger partial charge in [-0.05, 0) is 42.4 Å². The number of aliphatic hydroxyl groups excluding tert-OH is 1. The Balaban J connectivity index is 1.85. The number of hydrogen-bond donors (Lipinski definition) is 2. The van der Waals surface area contributed by atoms with E-state index in [0.29, 0.717) is 23.5 Å². The van der Waals surface area contributed by atoms with E-state index in [-0.39, 0.29) is 0 Å². The summed E-state index contributed by atoms with van der Waals surface area (Å²) in [4.78, 5) is 0. The van der Waals surface area contributed by atoms with Gasteiger partial charge in [0.15, 0.2) is 0 Å². The lowest BCUT2D eigenvalue weighted by atomic mass is 9.97. The summed E-state index contributed by atoms with van der Waals surface area (Å²) in [5.41, 5.74) is 0.922. The van der Waals surface area contributed by atoms with Crippen LogP contribution >= 0.6 is 11.6 Å². The maximum atomic E-state index is 10.1. The second-order valence-electron chi connectivity index (χ2n) is 5.50. The molecule has 1 aromatic carbocycles. The van der Waals surface area contributed by atoms with Crippen molar-refractivity contribution in [2.75, 3.05) is 6.54 Å². The van der Waals surface area contributed by atoms with Crippen LogP contribution in [0.2, 0.25) is 5.02 Å². The largest absolute Gasteiger partial charge is 0.387 e. The fourth-order valence-corrected chi connectivity index (χ4v) is 2.84. The van der Waals surface area contributed by atoms with Gasteiger partial charge in [-0.15, -0.1) is 0 Å². The molecule has 0 spiro atoms. The molecule has 2 rings (SSSR count). The van der Waals surface area contributed by atoms with Gasteiger partial charge in [-0.2, -0.15) is 0 Å². The molecular weight excluding hydrogens is 246 g/mol. The van der Waals surface area contributed by atoms with Gasteiger partial charge in [0.05, 0.1) is 6.10 Å². The fraction of sp³-hybridized carbons (Fsp3) is 0.600. The van der Waals surface area contributed by atoms with Crippen LogP contribution in [0.15, 0.2) is 24.3 Å². The highest BCUT2D eigenvalue weighted by Crippen LogP contribution is 2.31. The number of nitrogens with one attached hydrogen (secondary N) is 1. The number of aliphatic hydroxyl groups is 1. The standard InChI is InChI=1S/C15H22ClNO/c1-10-3-8-14(11(10)2)17-9-15(18)12-4-6-13(16)7-5-12/h4-7,10-11,14-15,17-18H,3,8-9H2,1-2H3. The van der Waals surface area contributed by atoms with Gasteiger partial charge in [0, 0.05) is 17.6 Å². The van der Waals surface area contributed by atoms with E-state index in [2.05, 4.69) is 19.2 Å². The molecule has 1 aliphatic carbocycles. The van der Waals surface area contributed by atoms with Gasteiger partial charge in [-0.25, -0.2) is 0 Å². The monoisotopic (exact) mass is 267 g/mol. The molecule has 1 saturated carbocycles. The van der Waals surface area contributed by atoms with Crippen LogP contribution in [-0.4, -0.2) is 17.7 Å². The summed E-state index contributed by atoms with van der Waals surface area (Å²) in [6.45, 7) is 5.22. The van der Waals surface area contributed by atoms with E-state index in [0.717, 1.165) is 11.5 Å². The highest BCUT2D eigenvalue weighted by Gasteiger charge is 2.29. The average Bonchev–Trinajstić information content (AvgIpc) is 2.68. The maximum absolute atomic E-state index is 10.1. The third kappa shape index (κ3) is 3.25. The predicted octanol–water partition coefficient (Wildman–Crippen LogP) is 3.40. The van der Waals surface area contributed by atoms with E-state index in [1.54, 1.807) is 0 Å². The molecule has 0 heterocycles. The molecule has 1 fully saturated rings. The molecule has 0 amide bonds. The Labute approximate surface area is 114 Å². The summed E-state index contributed by atoms with van der Waals surface area (Å²) in [6, 6.07) is 7.95. The molecule has 1 aliphatic rings. The van der Waals surface area contributed by atoms with Crippen molar-refractivity contribution in [3.63, 3.8) is 0 Å². The molecule has 2 N–H and O–H groups in total. The van der Waals surface area contributed by atoms with Gasteiger partial charge in [0.1, 0.15) is 0 Å². The van der Waals surface area contributed by atoms with E-state index in [4.69, 9.17) is 11.6 Å². The van der Waals surface area contributed by atoms with Crippen molar-refractivity contribution in [1.29, 1.82) is 0 Å². The van der Waals surface area contributed by atoms with Crippen LogP contribution in [0.3, 0.4) is 0 Å². The summed E-state index contributed by atoms with van der Waals surface area (Å²) in [5, 5.41) is 14.3. The second-order valence-corrected chi connectivity index (χ2v) is 5.93. The van der Waals surface area contributed by atoms with Crippen LogP contribution in [0.4, 0.5) is 0 Å². The third-order valence-corrected chi connectivity index (χ3v) is 4.55. The molecule has 0 bridgehead atoms. The zero-order chi connectivity index (χ0) is 13.1. The van der Waals surface area contributed by atoms with Crippen molar-refractivity contribution >= 4 is 11.6 Å². The number of halogens is 1. The minimum Gasteiger partial charge on any atom is -0.387 e. The van der Waals surface area contributed by atoms with Crippen LogP contribution in [0.5, 0.6) is 0 Å².